The molecule has 2 aliphatic rings. The fourth-order valence-corrected chi connectivity index (χ4v) is 5.22. The maximum atomic E-state index is 5.54. The summed E-state index contributed by atoms with van der Waals surface area (Å²) in [5.74, 6) is 2.49. The molecule has 0 radical (unpaired) electrons. The van der Waals surface area contributed by atoms with E-state index < -0.39 is 0 Å². The quantitative estimate of drug-likeness (QED) is 0.320. The molecule has 1 aromatic heterocycles. The van der Waals surface area contributed by atoms with Crippen LogP contribution < -0.4 is 25.2 Å². The van der Waals surface area contributed by atoms with Crippen molar-refractivity contribution >= 4 is 52.0 Å². The second kappa shape index (κ2) is 11.8. The van der Waals surface area contributed by atoms with Gasteiger partial charge in [0.15, 0.2) is 5.96 Å². The number of guanidine groups is 1. The van der Waals surface area contributed by atoms with Crippen molar-refractivity contribution < 1.29 is 4.74 Å². The lowest BCUT2D eigenvalue weighted by Crippen LogP contribution is -2.49. The number of anilines is 2. The van der Waals surface area contributed by atoms with Gasteiger partial charge in [-0.1, -0.05) is 12.1 Å². The first kappa shape index (κ1) is 24.0. The van der Waals surface area contributed by atoms with Crippen LogP contribution in [0, 0.1) is 5.92 Å². The maximum absolute atomic E-state index is 5.54. The van der Waals surface area contributed by atoms with Gasteiger partial charge in [0.2, 0.25) is 0 Å². The summed E-state index contributed by atoms with van der Waals surface area (Å²) in [4.78, 5) is 9.39. The van der Waals surface area contributed by atoms with E-state index in [9.17, 15) is 0 Å². The van der Waals surface area contributed by atoms with Gasteiger partial charge in [0.05, 0.1) is 17.8 Å². The van der Waals surface area contributed by atoms with Crippen molar-refractivity contribution in [1.82, 2.24) is 10.6 Å². The fraction of sp³-hybridized carbons (Fsp3) is 0.522. The van der Waals surface area contributed by atoms with Crippen molar-refractivity contribution in [2.45, 2.75) is 25.3 Å². The number of nitrogens with one attached hydrogen (secondary N) is 2. The lowest BCUT2D eigenvalue weighted by Gasteiger charge is -2.33. The Morgan fingerprint density at radius 3 is 2.58 bits per heavy atom. The van der Waals surface area contributed by atoms with E-state index in [4.69, 9.17) is 4.74 Å². The number of para-hydroxylation sites is 2. The number of ether oxygens (including phenoxy) is 1. The number of benzene rings is 1. The Hall–Kier alpha value is -1.68. The Morgan fingerprint density at radius 1 is 1.10 bits per heavy atom. The first-order chi connectivity index (χ1) is 14.8. The normalized spacial score (nSPS) is 19.8. The van der Waals surface area contributed by atoms with Crippen molar-refractivity contribution in [3.05, 3.63) is 41.8 Å². The lowest BCUT2D eigenvalue weighted by atomic mass is 10.1. The number of aliphatic imine (C=N–C) groups is 1. The molecule has 170 valence electrons. The number of methoxy groups -OCH3 is 1. The van der Waals surface area contributed by atoms with E-state index in [1.807, 2.05) is 30.5 Å². The van der Waals surface area contributed by atoms with Crippen LogP contribution in [0.5, 0.6) is 5.75 Å². The van der Waals surface area contributed by atoms with E-state index in [-0.39, 0.29) is 24.0 Å². The van der Waals surface area contributed by atoms with E-state index in [1.165, 1.54) is 17.1 Å². The zero-order chi connectivity index (χ0) is 20.8. The van der Waals surface area contributed by atoms with Crippen molar-refractivity contribution in [2.24, 2.45) is 10.9 Å². The topological polar surface area (TPSA) is 52.1 Å². The third kappa shape index (κ3) is 6.19. The molecule has 0 amide bonds. The van der Waals surface area contributed by atoms with Crippen LogP contribution in [-0.2, 0) is 0 Å². The maximum Gasteiger partial charge on any atom is 0.191 e. The van der Waals surface area contributed by atoms with Crippen LogP contribution in [0.25, 0.3) is 0 Å². The first-order valence-electron chi connectivity index (χ1n) is 10.9. The molecule has 1 aromatic carbocycles. The molecule has 8 heteroatoms. The smallest absolute Gasteiger partial charge is 0.191 e. The molecule has 2 N–H and O–H groups in total. The fourth-order valence-electron chi connectivity index (χ4n) is 4.43. The van der Waals surface area contributed by atoms with Crippen LogP contribution in [0.4, 0.5) is 10.7 Å². The van der Waals surface area contributed by atoms with E-state index >= 15 is 0 Å². The second-order valence-corrected chi connectivity index (χ2v) is 9.01. The van der Waals surface area contributed by atoms with Gasteiger partial charge in [-0.3, -0.25) is 4.99 Å². The predicted octanol–water partition coefficient (Wildman–Crippen LogP) is 4.04. The molecule has 0 spiro atoms. The number of thiophene rings is 1. The summed E-state index contributed by atoms with van der Waals surface area (Å²) in [5.41, 5.74) is 1.20. The Kier molecular flexibility index (Phi) is 9.13. The highest BCUT2D eigenvalue weighted by Crippen LogP contribution is 2.31. The summed E-state index contributed by atoms with van der Waals surface area (Å²) >= 11 is 1.83. The van der Waals surface area contributed by atoms with E-state index in [0.29, 0.717) is 12.0 Å². The van der Waals surface area contributed by atoms with Crippen molar-refractivity contribution in [3.8, 4) is 5.75 Å². The molecule has 0 saturated carbocycles. The van der Waals surface area contributed by atoms with Gasteiger partial charge in [0.25, 0.3) is 0 Å². The summed E-state index contributed by atoms with van der Waals surface area (Å²) in [5, 5.41) is 10.7. The van der Waals surface area contributed by atoms with Gasteiger partial charge in [-0.15, -0.1) is 35.3 Å². The zero-order valence-electron chi connectivity index (χ0n) is 18.4. The van der Waals surface area contributed by atoms with Gasteiger partial charge in [0.1, 0.15) is 5.75 Å². The van der Waals surface area contributed by atoms with Gasteiger partial charge in [-0.25, -0.2) is 0 Å². The highest BCUT2D eigenvalue weighted by molar-refractivity contribution is 14.0. The van der Waals surface area contributed by atoms with Crippen LogP contribution in [0.1, 0.15) is 19.3 Å². The molecule has 2 aliphatic heterocycles. The highest BCUT2D eigenvalue weighted by Gasteiger charge is 2.25. The number of hydrogen-bond acceptors (Lipinski definition) is 5. The molecular formula is C23H34IN5OS. The molecule has 3 heterocycles. The van der Waals surface area contributed by atoms with Crippen molar-refractivity contribution in [1.29, 1.82) is 0 Å². The van der Waals surface area contributed by atoms with Gasteiger partial charge in [0, 0.05) is 45.8 Å². The molecule has 31 heavy (non-hydrogen) atoms. The van der Waals surface area contributed by atoms with E-state index in [1.54, 1.807) is 7.11 Å². The standard InChI is InChI=1S/C23H33N5OS.HI/c1-24-23(26-19-10-13-27(14-11-19)22-8-5-15-30-22)25-16-18-9-12-28(17-18)20-6-3-4-7-21(20)29-2;/h3-8,15,18-19H,9-14,16-17H2,1-2H3,(H2,24,25,26);1H. The van der Waals surface area contributed by atoms with Gasteiger partial charge < -0.3 is 25.2 Å². The molecule has 4 rings (SSSR count). The summed E-state index contributed by atoms with van der Waals surface area (Å²) in [7, 11) is 3.61. The number of nitrogens with zero attached hydrogens (tertiary/aromatic N) is 3. The van der Waals surface area contributed by atoms with Crippen LogP contribution >= 0.6 is 35.3 Å². The summed E-state index contributed by atoms with van der Waals surface area (Å²) in [6, 6.07) is 13.1. The van der Waals surface area contributed by atoms with Crippen molar-refractivity contribution in [2.75, 3.05) is 56.7 Å². The Bertz CT molecular complexity index is 823. The summed E-state index contributed by atoms with van der Waals surface area (Å²) in [6.45, 7) is 5.26. The first-order valence-corrected chi connectivity index (χ1v) is 11.8. The Balaban J connectivity index is 0.00000272. The molecule has 0 aliphatic carbocycles. The minimum Gasteiger partial charge on any atom is -0.495 e. The number of rotatable bonds is 6. The second-order valence-electron chi connectivity index (χ2n) is 8.08. The average Bonchev–Trinajstić information content (AvgIpc) is 3.49. The average molecular weight is 556 g/mol. The summed E-state index contributed by atoms with van der Waals surface area (Å²) in [6.07, 6.45) is 3.47. The molecule has 2 saturated heterocycles. The Morgan fingerprint density at radius 2 is 1.87 bits per heavy atom. The van der Waals surface area contributed by atoms with Crippen LogP contribution in [0.15, 0.2) is 46.8 Å². The third-order valence-corrected chi connectivity index (χ3v) is 7.08. The van der Waals surface area contributed by atoms with E-state index in [2.05, 4.69) is 55.1 Å². The van der Waals surface area contributed by atoms with Crippen LogP contribution in [-0.4, -0.2) is 58.9 Å². The molecule has 1 atom stereocenters. The van der Waals surface area contributed by atoms with Crippen molar-refractivity contribution in [3.63, 3.8) is 0 Å². The molecule has 6 nitrogen and oxygen atoms in total. The molecule has 2 fully saturated rings. The Labute approximate surface area is 207 Å². The third-order valence-electron chi connectivity index (χ3n) is 6.15. The minimum atomic E-state index is 0. The SMILES string of the molecule is CN=C(NCC1CCN(c2ccccc2OC)C1)NC1CCN(c2cccs2)CC1.I. The molecule has 0 bridgehead atoms. The van der Waals surface area contributed by atoms with Gasteiger partial charge >= 0.3 is 0 Å². The number of piperidine rings is 1. The van der Waals surface area contributed by atoms with Crippen LogP contribution in [0.2, 0.25) is 0 Å². The highest BCUT2D eigenvalue weighted by atomic mass is 127. The zero-order valence-corrected chi connectivity index (χ0v) is 21.6. The van der Waals surface area contributed by atoms with Gasteiger partial charge in [-0.2, -0.15) is 0 Å². The minimum absolute atomic E-state index is 0. The monoisotopic (exact) mass is 555 g/mol. The lowest BCUT2D eigenvalue weighted by molar-refractivity contribution is 0.414. The largest absolute Gasteiger partial charge is 0.495 e. The number of halogens is 1. The molecule has 2 aromatic rings. The number of hydrogen-bond donors (Lipinski definition) is 2. The molecule has 1 unspecified atom stereocenters. The van der Waals surface area contributed by atoms with Crippen LogP contribution in [0.3, 0.4) is 0 Å². The van der Waals surface area contributed by atoms with Gasteiger partial charge in [-0.05, 0) is 54.8 Å². The predicted molar refractivity (Wildman–Crippen MR) is 143 cm³/mol. The van der Waals surface area contributed by atoms with E-state index in [0.717, 1.165) is 57.3 Å². The molecular weight excluding hydrogens is 521 g/mol. The summed E-state index contributed by atoms with van der Waals surface area (Å²) < 4.78 is 5.54.